The molecule has 1 aromatic rings. The Labute approximate surface area is 108 Å². The van der Waals surface area contributed by atoms with Gasteiger partial charge in [-0.15, -0.1) is 0 Å². The zero-order valence-corrected chi connectivity index (χ0v) is 11.1. The molecule has 0 aliphatic rings. The molecule has 0 radical (unpaired) electrons. The topological polar surface area (TPSA) is 58.2 Å². The number of nitrogens with one attached hydrogen (secondary N) is 2. The summed E-state index contributed by atoms with van der Waals surface area (Å²) in [6, 6.07) is 8.38. The minimum atomic E-state index is -0.585. The van der Waals surface area contributed by atoms with Gasteiger partial charge in [-0.05, 0) is 12.5 Å². The van der Waals surface area contributed by atoms with Crippen molar-refractivity contribution in [3.05, 3.63) is 35.9 Å². The van der Waals surface area contributed by atoms with E-state index in [9.17, 15) is 9.59 Å². The number of hydrogen-bond donors (Lipinski definition) is 2. The summed E-state index contributed by atoms with van der Waals surface area (Å²) in [6.07, 6.45) is 0. The Morgan fingerprint density at radius 2 is 1.78 bits per heavy atom. The summed E-state index contributed by atoms with van der Waals surface area (Å²) in [5, 5.41) is 5.35. The maximum atomic E-state index is 12.1. The summed E-state index contributed by atoms with van der Waals surface area (Å²) in [4.78, 5) is 23.7. The van der Waals surface area contributed by atoms with Gasteiger partial charge in [0.2, 0.25) is 0 Å². The first-order valence-corrected chi connectivity index (χ1v) is 6.19. The minimum Gasteiger partial charge on any atom is -0.338 e. The van der Waals surface area contributed by atoms with Crippen LogP contribution in [0.3, 0.4) is 0 Å². The first kappa shape index (κ1) is 14.2. The number of hydrogen-bond acceptors (Lipinski definition) is 2. The van der Waals surface area contributed by atoms with Crippen LogP contribution >= 0.6 is 0 Å². The van der Waals surface area contributed by atoms with Crippen LogP contribution in [0.15, 0.2) is 30.3 Å². The van der Waals surface area contributed by atoms with Gasteiger partial charge in [0.25, 0.3) is 0 Å². The van der Waals surface area contributed by atoms with Crippen LogP contribution in [0.1, 0.15) is 32.4 Å². The number of rotatable bonds is 5. The van der Waals surface area contributed by atoms with Gasteiger partial charge in [0.05, 0.1) is 0 Å². The SMILES string of the molecule is CCNC(=O)N[C@@H](C(=O)C(C)C)c1ccccc1. The van der Waals surface area contributed by atoms with Gasteiger partial charge in [0.1, 0.15) is 6.04 Å². The van der Waals surface area contributed by atoms with Gasteiger partial charge in [-0.2, -0.15) is 0 Å². The largest absolute Gasteiger partial charge is 0.338 e. The molecule has 4 heteroatoms. The van der Waals surface area contributed by atoms with E-state index in [4.69, 9.17) is 0 Å². The van der Waals surface area contributed by atoms with Gasteiger partial charge in [0, 0.05) is 12.5 Å². The van der Waals surface area contributed by atoms with E-state index in [0.29, 0.717) is 6.54 Å². The van der Waals surface area contributed by atoms with Crippen molar-refractivity contribution < 1.29 is 9.59 Å². The van der Waals surface area contributed by atoms with E-state index in [1.807, 2.05) is 51.1 Å². The number of carbonyl (C=O) groups excluding carboxylic acids is 2. The molecule has 4 nitrogen and oxygen atoms in total. The van der Waals surface area contributed by atoms with Gasteiger partial charge in [-0.3, -0.25) is 4.79 Å². The number of benzene rings is 1. The second-order valence-electron chi connectivity index (χ2n) is 4.40. The predicted molar refractivity (Wildman–Crippen MR) is 71.2 cm³/mol. The molecule has 0 unspecified atom stereocenters. The van der Waals surface area contributed by atoms with Crippen molar-refractivity contribution in [3.63, 3.8) is 0 Å². The molecule has 18 heavy (non-hydrogen) atoms. The van der Waals surface area contributed by atoms with Crippen LogP contribution in [-0.2, 0) is 4.79 Å². The lowest BCUT2D eigenvalue weighted by Crippen LogP contribution is -2.41. The Balaban J connectivity index is 2.89. The molecule has 0 saturated heterocycles. The fraction of sp³-hybridized carbons (Fsp3) is 0.429. The van der Waals surface area contributed by atoms with E-state index in [2.05, 4.69) is 10.6 Å². The molecular weight excluding hydrogens is 228 g/mol. The molecule has 0 aliphatic heterocycles. The van der Waals surface area contributed by atoms with E-state index in [1.165, 1.54) is 0 Å². The van der Waals surface area contributed by atoms with E-state index in [1.54, 1.807) is 0 Å². The number of urea groups is 1. The number of carbonyl (C=O) groups is 2. The average Bonchev–Trinajstić information content (AvgIpc) is 2.36. The lowest BCUT2D eigenvalue weighted by Gasteiger charge is -2.20. The Bertz CT molecular complexity index is 402. The first-order chi connectivity index (χ1) is 8.56. The van der Waals surface area contributed by atoms with Crippen LogP contribution in [0, 0.1) is 5.92 Å². The molecule has 1 rings (SSSR count). The molecule has 0 fully saturated rings. The zero-order valence-electron chi connectivity index (χ0n) is 11.1. The highest BCUT2D eigenvalue weighted by Crippen LogP contribution is 2.17. The lowest BCUT2D eigenvalue weighted by molar-refractivity contribution is -0.123. The van der Waals surface area contributed by atoms with Crippen LogP contribution in [0.25, 0.3) is 0 Å². The van der Waals surface area contributed by atoms with Gasteiger partial charge >= 0.3 is 6.03 Å². The maximum Gasteiger partial charge on any atom is 0.315 e. The van der Waals surface area contributed by atoms with E-state index in [-0.39, 0.29) is 17.7 Å². The molecule has 2 amide bonds. The van der Waals surface area contributed by atoms with Crippen LogP contribution < -0.4 is 10.6 Å². The third-order valence-electron chi connectivity index (χ3n) is 2.60. The normalized spacial score (nSPS) is 12.0. The highest BCUT2D eigenvalue weighted by atomic mass is 16.2. The summed E-state index contributed by atoms with van der Waals surface area (Å²) in [5.74, 6) is -0.121. The molecule has 2 N–H and O–H groups in total. The fourth-order valence-electron chi connectivity index (χ4n) is 1.64. The molecule has 0 aliphatic carbocycles. The van der Waals surface area contributed by atoms with Crippen molar-refractivity contribution in [3.8, 4) is 0 Å². The second-order valence-corrected chi connectivity index (χ2v) is 4.40. The highest BCUT2D eigenvalue weighted by Gasteiger charge is 2.24. The van der Waals surface area contributed by atoms with E-state index in [0.717, 1.165) is 5.56 Å². The summed E-state index contributed by atoms with van der Waals surface area (Å²) in [6.45, 7) is 6.03. The molecule has 0 spiro atoms. The highest BCUT2D eigenvalue weighted by molar-refractivity contribution is 5.90. The Hall–Kier alpha value is -1.84. The fourth-order valence-corrected chi connectivity index (χ4v) is 1.64. The molecule has 0 aromatic heterocycles. The Morgan fingerprint density at radius 1 is 1.17 bits per heavy atom. The Kier molecular flexibility index (Phi) is 5.36. The molecule has 98 valence electrons. The molecule has 1 atom stereocenters. The molecular formula is C14H20N2O2. The second kappa shape index (κ2) is 6.79. The molecule has 0 saturated carbocycles. The van der Waals surface area contributed by atoms with Gasteiger partial charge in [0.15, 0.2) is 5.78 Å². The van der Waals surface area contributed by atoms with Crippen molar-refractivity contribution in [1.82, 2.24) is 10.6 Å². The summed E-state index contributed by atoms with van der Waals surface area (Å²) in [7, 11) is 0. The minimum absolute atomic E-state index is 0.00690. The Morgan fingerprint density at radius 3 is 2.28 bits per heavy atom. The number of ketones is 1. The van der Waals surface area contributed by atoms with Crippen LogP contribution in [0.4, 0.5) is 4.79 Å². The predicted octanol–water partition coefficient (Wildman–Crippen LogP) is 2.27. The zero-order chi connectivity index (χ0) is 13.5. The van der Waals surface area contributed by atoms with Crippen LogP contribution in [0.5, 0.6) is 0 Å². The summed E-state index contributed by atoms with van der Waals surface area (Å²) < 4.78 is 0. The summed E-state index contributed by atoms with van der Waals surface area (Å²) in [5.41, 5.74) is 0.808. The lowest BCUT2D eigenvalue weighted by atomic mass is 9.95. The quantitative estimate of drug-likeness (QED) is 0.839. The third-order valence-corrected chi connectivity index (χ3v) is 2.60. The first-order valence-electron chi connectivity index (χ1n) is 6.19. The standard InChI is InChI=1S/C14H20N2O2/c1-4-15-14(18)16-12(13(17)10(2)3)11-8-6-5-7-9-11/h5-10,12H,4H2,1-3H3,(H2,15,16,18)/t12-/m1/s1. The maximum absolute atomic E-state index is 12.1. The average molecular weight is 248 g/mol. The third kappa shape index (κ3) is 3.87. The van der Waals surface area contributed by atoms with E-state index >= 15 is 0 Å². The number of Topliss-reactive ketones (excluding diaryl/α,β-unsaturated/α-hetero) is 1. The van der Waals surface area contributed by atoms with Gasteiger partial charge in [-0.1, -0.05) is 44.2 Å². The van der Waals surface area contributed by atoms with Crippen LogP contribution in [0.2, 0.25) is 0 Å². The van der Waals surface area contributed by atoms with Gasteiger partial charge in [-0.25, -0.2) is 4.79 Å². The van der Waals surface area contributed by atoms with Crippen molar-refractivity contribution in [2.24, 2.45) is 5.92 Å². The number of amides is 2. The van der Waals surface area contributed by atoms with Crippen LogP contribution in [-0.4, -0.2) is 18.4 Å². The van der Waals surface area contributed by atoms with E-state index < -0.39 is 6.04 Å². The monoisotopic (exact) mass is 248 g/mol. The smallest absolute Gasteiger partial charge is 0.315 e. The molecule has 1 aromatic carbocycles. The van der Waals surface area contributed by atoms with Crippen molar-refractivity contribution in [2.45, 2.75) is 26.8 Å². The van der Waals surface area contributed by atoms with Crippen molar-refractivity contribution >= 4 is 11.8 Å². The molecule has 0 heterocycles. The summed E-state index contributed by atoms with van der Waals surface area (Å²) >= 11 is 0. The van der Waals surface area contributed by atoms with Gasteiger partial charge < -0.3 is 10.6 Å². The molecule has 0 bridgehead atoms. The van der Waals surface area contributed by atoms with Crippen molar-refractivity contribution in [1.29, 1.82) is 0 Å². The van der Waals surface area contributed by atoms with Crippen molar-refractivity contribution in [2.75, 3.05) is 6.54 Å².